The van der Waals surface area contributed by atoms with Crippen molar-refractivity contribution in [2.75, 3.05) is 0 Å². The molecule has 11 rings (SSSR count). The predicted octanol–water partition coefficient (Wildman–Crippen LogP) is 26.3. The molecule has 9 aromatic rings. The third kappa shape index (κ3) is 12.2. The fourth-order valence-electron chi connectivity index (χ4n) is 16.1. The van der Waals surface area contributed by atoms with E-state index >= 15 is 0 Å². The maximum Gasteiger partial charge on any atom is 0.0713 e. The minimum Gasteiger partial charge on any atom is -0.0654 e. The molecule has 482 valence electrons. The van der Waals surface area contributed by atoms with Gasteiger partial charge in [-0.1, -0.05) is 336 Å². The number of rotatable bonds is 18. The van der Waals surface area contributed by atoms with E-state index in [-0.39, 0.29) is 32.5 Å². The zero-order valence-corrected chi connectivity index (χ0v) is 60.9. The van der Waals surface area contributed by atoms with Crippen molar-refractivity contribution in [2.24, 2.45) is 0 Å². The molecule has 9 aromatic carbocycles. The first kappa shape index (κ1) is 66.9. The van der Waals surface area contributed by atoms with Crippen LogP contribution in [0.1, 0.15) is 305 Å². The van der Waals surface area contributed by atoms with Gasteiger partial charge in [0.25, 0.3) is 0 Å². The lowest BCUT2D eigenvalue weighted by atomic mass is 9.65. The molecular formula is C92H114. The Morgan fingerprint density at radius 1 is 0.228 bits per heavy atom. The molecule has 0 heterocycles. The van der Waals surface area contributed by atoms with Gasteiger partial charge in [0.05, 0.1) is 10.8 Å². The number of hydrogen-bond acceptors (Lipinski definition) is 0. The molecule has 92 heavy (non-hydrogen) atoms. The van der Waals surface area contributed by atoms with E-state index in [1.165, 1.54) is 199 Å². The largest absolute Gasteiger partial charge is 0.0713 e. The van der Waals surface area contributed by atoms with E-state index in [0.29, 0.717) is 0 Å². The van der Waals surface area contributed by atoms with Crippen LogP contribution < -0.4 is 0 Å². The average molecular weight is 1220 g/mol. The Kier molecular flexibility index (Phi) is 18.2. The number of hydrogen-bond donors (Lipinski definition) is 0. The fraction of sp³-hybridized carbons (Fsp3) is 0.457. The minimum atomic E-state index is -0.612. The summed E-state index contributed by atoms with van der Waals surface area (Å²) in [6, 6.07) is 66.0. The first-order valence-electron chi connectivity index (χ1n) is 36.2. The van der Waals surface area contributed by atoms with Gasteiger partial charge in [0, 0.05) is 0 Å². The summed E-state index contributed by atoms with van der Waals surface area (Å²) in [5.41, 5.74) is 26.5. The molecule has 0 aliphatic heterocycles. The Morgan fingerprint density at radius 2 is 0.467 bits per heavy atom. The molecule has 0 unspecified atom stereocenters. The van der Waals surface area contributed by atoms with Crippen LogP contribution in [0, 0.1) is 0 Å². The Labute approximate surface area is 558 Å². The SMILES string of the molecule is CCCCCCCCc1c(CCCCCCCC)c2cc3c(cc2c2cc4c(cc12)-c1ccc(C(C)(C)C)cc1C4(c1ccc(C(C)(C)C)cc1)c1ccc(C(C)(C)C)cc1)C(c1ccc(C(C)(C)C)cc1)(c1ccc(C(C)(C)C)cc1)c1cc(C(C)(C)C)ccc1-3. The Morgan fingerprint density at radius 3 is 0.728 bits per heavy atom. The Hall–Kier alpha value is -6.50. The number of unbranched alkanes of at least 4 members (excludes halogenated alkanes) is 10. The first-order valence-corrected chi connectivity index (χ1v) is 36.2. The second-order valence-electron chi connectivity index (χ2n) is 34.7. The van der Waals surface area contributed by atoms with Crippen molar-refractivity contribution in [3.63, 3.8) is 0 Å². The summed E-state index contributed by atoms with van der Waals surface area (Å²) in [6.07, 6.45) is 17.5. The number of fused-ring (bicyclic) bond motifs is 9. The quantitative estimate of drug-likeness (QED) is 0.0593. The van der Waals surface area contributed by atoms with Crippen molar-refractivity contribution >= 4 is 21.5 Å². The standard InChI is InChI=1S/C92H114/c1-21-23-25-27-29-31-33-71-72(34-32-30-28-26-24-22-2)76-58-80-74-54-52-70(90(18,19)20)56-82(74)92(67-47-39-63(40-48-67)87(9,10)11,68-49-41-64(42-50-68)88(12,13)14)84(80)60-78(76)77-59-83-79(57-75(71)77)73-53-51-69(89(15,16)17)55-81(73)91(83,65-43-35-61(36-44-65)85(3,4)5)66-45-37-62(38-46-66)86(6,7)8/h35-60H,21-34H2,1-20H3. The monoisotopic (exact) mass is 1220 g/mol. The molecule has 0 nitrogen and oxygen atoms in total. The molecular weight excluding hydrogens is 1110 g/mol. The van der Waals surface area contributed by atoms with E-state index in [0.717, 1.165) is 12.8 Å². The Balaban J connectivity index is 1.33. The van der Waals surface area contributed by atoms with Crippen LogP contribution in [0.5, 0.6) is 0 Å². The topological polar surface area (TPSA) is 0 Å². The third-order valence-electron chi connectivity index (χ3n) is 21.9. The van der Waals surface area contributed by atoms with E-state index in [1.807, 2.05) is 0 Å². The fourth-order valence-corrected chi connectivity index (χ4v) is 16.1. The van der Waals surface area contributed by atoms with Gasteiger partial charge in [-0.3, -0.25) is 0 Å². The minimum absolute atomic E-state index is 0.00634. The van der Waals surface area contributed by atoms with Gasteiger partial charge in [0.15, 0.2) is 0 Å². The van der Waals surface area contributed by atoms with E-state index in [1.54, 1.807) is 11.1 Å². The van der Waals surface area contributed by atoms with E-state index in [9.17, 15) is 0 Å². The molecule has 2 aliphatic rings. The van der Waals surface area contributed by atoms with Crippen LogP contribution in [-0.4, -0.2) is 0 Å². The molecule has 0 radical (unpaired) electrons. The van der Waals surface area contributed by atoms with E-state index in [2.05, 4.69) is 296 Å². The highest BCUT2D eigenvalue weighted by Gasteiger charge is 2.50. The van der Waals surface area contributed by atoms with Gasteiger partial charge in [-0.2, -0.15) is 0 Å². The van der Waals surface area contributed by atoms with Crippen LogP contribution in [0.15, 0.2) is 158 Å². The van der Waals surface area contributed by atoms with Crippen LogP contribution in [0.25, 0.3) is 43.8 Å². The van der Waals surface area contributed by atoms with E-state index < -0.39 is 10.8 Å². The maximum atomic E-state index is 2.78. The molecule has 2 aliphatic carbocycles. The van der Waals surface area contributed by atoms with Crippen LogP contribution in [0.4, 0.5) is 0 Å². The number of benzene rings is 9. The van der Waals surface area contributed by atoms with Gasteiger partial charge < -0.3 is 0 Å². The van der Waals surface area contributed by atoms with Crippen LogP contribution in [-0.2, 0) is 56.2 Å². The van der Waals surface area contributed by atoms with Gasteiger partial charge in [-0.25, -0.2) is 0 Å². The van der Waals surface area contributed by atoms with Crippen molar-refractivity contribution in [3.8, 4) is 22.3 Å². The smallest absolute Gasteiger partial charge is 0.0654 e. The maximum absolute atomic E-state index is 2.78. The highest BCUT2D eigenvalue weighted by Crippen LogP contribution is 2.62. The molecule has 0 atom stereocenters. The average Bonchev–Trinajstić information content (AvgIpc) is 1.50. The lowest BCUT2D eigenvalue weighted by molar-refractivity contribution is 0.585. The lowest BCUT2D eigenvalue weighted by Crippen LogP contribution is -2.30. The van der Waals surface area contributed by atoms with Crippen LogP contribution in [0.3, 0.4) is 0 Å². The highest BCUT2D eigenvalue weighted by molar-refractivity contribution is 6.15. The molecule has 0 heteroatoms. The van der Waals surface area contributed by atoms with Crippen molar-refractivity contribution in [2.45, 2.75) is 272 Å². The summed E-state index contributed by atoms with van der Waals surface area (Å²) >= 11 is 0. The highest BCUT2D eigenvalue weighted by atomic mass is 14.5. The third-order valence-corrected chi connectivity index (χ3v) is 21.9. The molecule has 0 aromatic heterocycles. The van der Waals surface area contributed by atoms with Gasteiger partial charge in [0.1, 0.15) is 0 Å². The molecule has 0 fully saturated rings. The zero-order chi connectivity index (χ0) is 66.1. The lowest BCUT2D eigenvalue weighted by Gasteiger charge is -2.36. The molecule has 0 bridgehead atoms. The molecule has 0 saturated heterocycles. The van der Waals surface area contributed by atoms with Crippen molar-refractivity contribution < 1.29 is 0 Å². The van der Waals surface area contributed by atoms with Crippen molar-refractivity contribution in [1.29, 1.82) is 0 Å². The summed E-state index contributed by atoms with van der Waals surface area (Å²) in [4.78, 5) is 0. The van der Waals surface area contributed by atoms with Crippen molar-refractivity contribution in [1.82, 2.24) is 0 Å². The first-order chi connectivity index (χ1) is 43.3. The van der Waals surface area contributed by atoms with Gasteiger partial charge >= 0.3 is 0 Å². The van der Waals surface area contributed by atoms with Crippen LogP contribution in [0.2, 0.25) is 0 Å². The van der Waals surface area contributed by atoms with Crippen molar-refractivity contribution in [3.05, 3.63) is 247 Å². The molecule has 0 amide bonds. The van der Waals surface area contributed by atoms with Gasteiger partial charge in [-0.05, 0) is 215 Å². The summed E-state index contributed by atoms with van der Waals surface area (Å²) in [6.45, 7) is 47.3. The van der Waals surface area contributed by atoms with Gasteiger partial charge in [-0.15, -0.1) is 0 Å². The zero-order valence-electron chi connectivity index (χ0n) is 60.9. The summed E-state index contributed by atoms with van der Waals surface area (Å²) in [5.74, 6) is 0. The summed E-state index contributed by atoms with van der Waals surface area (Å²) < 4.78 is 0. The normalized spacial score (nSPS) is 14.7. The Bertz CT molecular complexity index is 3720. The van der Waals surface area contributed by atoms with Gasteiger partial charge in [0.2, 0.25) is 0 Å². The van der Waals surface area contributed by atoms with Crippen LogP contribution >= 0.6 is 0 Å². The molecule has 0 saturated carbocycles. The number of aryl methyl sites for hydroxylation is 2. The second-order valence-corrected chi connectivity index (χ2v) is 34.7. The summed E-state index contributed by atoms with van der Waals surface area (Å²) in [5, 5.41) is 5.70. The predicted molar refractivity (Wildman–Crippen MR) is 402 cm³/mol. The molecule has 0 spiro atoms. The second kappa shape index (κ2) is 25.0. The van der Waals surface area contributed by atoms with E-state index in [4.69, 9.17) is 0 Å². The molecule has 0 N–H and O–H groups in total. The summed E-state index contributed by atoms with van der Waals surface area (Å²) in [7, 11) is 0.